The zero-order valence-electron chi connectivity index (χ0n) is 11.5. The number of rotatable bonds is 5. The number of hydrogen-bond donors (Lipinski definition) is 0. The highest BCUT2D eigenvalue weighted by molar-refractivity contribution is 6.76. The molecule has 0 aromatic heterocycles. The zero-order chi connectivity index (χ0) is 13.3. The molecule has 0 atom stereocenters. The van der Waals surface area contributed by atoms with E-state index in [4.69, 9.17) is 4.74 Å². The Morgan fingerprint density at radius 2 is 1.88 bits per heavy atom. The third kappa shape index (κ3) is 3.92. The van der Waals surface area contributed by atoms with Gasteiger partial charge in [0.25, 0.3) is 0 Å². The molecule has 0 spiro atoms. The van der Waals surface area contributed by atoms with Crippen LogP contribution in [-0.2, 0) is 14.3 Å². The van der Waals surface area contributed by atoms with Crippen molar-refractivity contribution in [2.45, 2.75) is 46.0 Å². The van der Waals surface area contributed by atoms with Crippen LogP contribution in [0.2, 0.25) is 25.7 Å². The van der Waals surface area contributed by atoms with E-state index in [9.17, 15) is 9.59 Å². The number of carbonyl (C=O) groups excluding carboxylic acids is 2. The Morgan fingerprint density at radius 3 is 2.29 bits per heavy atom. The van der Waals surface area contributed by atoms with Crippen LogP contribution in [0.5, 0.6) is 0 Å². The molecule has 0 aromatic carbocycles. The van der Waals surface area contributed by atoms with Gasteiger partial charge in [-0.15, -0.1) is 0 Å². The van der Waals surface area contributed by atoms with Gasteiger partial charge in [-0.25, -0.2) is 0 Å². The topological polar surface area (TPSA) is 46.6 Å². The second kappa shape index (κ2) is 4.90. The Hall–Kier alpha value is -0.683. The number of carbonyl (C=O) groups is 2. The van der Waals surface area contributed by atoms with Gasteiger partial charge >= 0.3 is 0 Å². The van der Waals surface area contributed by atoms with Crippen molar-refractivity contribution in [2.75, 3.05) is 13.3 Å². The summed E-state index contributed by atoms with van der Waals surface area (Å²) in [4.78, 5) is 24.7. The van der Waals surface area contributed by atoms with E-state index in [1.54, 1.807) is 13.8 Å². The van der Waals surface area contributed by atoms with Crippen LogP contribution in [0.15, 0.2) is 0 Å². The molecule has 0 radical (unpaired) electrons. The first-order chi connectivity index (χ1) is 7.63. The Labute approximate surface area is 104 Å². The molecule has 1 aliphatic heterocycles. The molecular weight excluding hydrogens is 234 g/mol. The lowest BCUT2D eigenvalue weighted by atomic mass is 9.92. The van der Waals surface area contributed by atoms with Gasteiger partial charge in [0.1, 0.15) is 6.73 Å². The second-order valence-electron chi connectivity index (χ2n) is 6.54. The summed E-state index contributed by atoms with van der Waals surface area (Å²) in [6, 6.07) is 1.05. The molecule has 5 heteroatoms. The fourth-order valence-electron chi connectivity index (χ4n) is 1.69. The van der Waals surface area contributed by atoms with Crippen molar-refractivity contribution < 1.29 is 14.3 Å². The number of hydrogen-bond acceptors (Lipinski definition) is 3. The monoisotopic (exact) mass is 257 g/mol. The van der Waals surface area contributed by atoms with Crippen LogP contribution in [0.3, 0.4) is 0 Å². The van der Waals surface area contributed by atoms with Crippen molar-refractivity contribution in [1.82, 2.24) is 4.90 Å². The first-order valence-corrected chi connectivity index (χ1v) is 9.77. The minimum atomic E-state index is -1.11. The fraction of sp³-hybridized carbons (Fsp3) is 0.833. The maximum absolute atomic E-state index is 11.9. The van der Waals surface area contributed by atoms with Gasteiger partial charge < -0.3 is 4.74 Å². The summed E-state index contributed by atoms with van der Waals surface area (Å²) >= 11 is 0. The van der Waals surface area contributed by atoms with Gasteiger partial charge in [0.15, 0.2) is 0 Å². The lowest BCUT2D eigenvalue weighted by Gasteiger charge is -2.19. The zero-order valence-corrected chi connectivity index (χ0v) is 12.5. The molecule has 1 aliphatic rings. The summed E-state index contributed by atoms with van der Waals surface area (Å²) in [5.74, 6) is -0.233. The first kappa shape index (κ1) is 14.4. The summed E-state index contributed by atoms with van der Waals surface area (Å²) in [6.07, 6.45) is 0.295. The fourth-order valence-corrected chi connectivity index (χ4v) is 2.45. The molecule has 1 heterocycles. The molecule has 1 rings (SSSR count). The van der Waals surface area contributed by atoms with E-state index in [0.717, 1.165) is 6.04 Å². The average Bonchev–Trinajstić information content (AvgIpc) is 2.31. The van der Waals surface area contributed by atoms with E-state index in [1.165, 1.54) is 4.90 Å². The van der Waals surface area contributed by atoms with Crippen LogP contribution in [-0.4, -0.2) is 38.1 Å². The van der Waals surface area contributed by atoms with Gasteiger partial charge in [-0.1, -0.05) is 33.5 Å². The van der Waals surface area contributed by atoms with Crippen LogP contribution in [0, 0.1) is 5.41 Å². The molecule has 1 saturated heterocycles. The van der Waals surface area contributed by atoms with Gasteiger partial charge in [0.2, 0.25) is 11.8 Å². The van der Waals surface area contributed by atoms with E-state index < -0.39 is 13.5 Å². The number of likely N-dealkylation sites (tertiary alicyclic amines) is 1. The summed E-state index contributed by atoms with van der Waals surface area (Å²) < 4.78 is 5.45. The van der Waals surface area contributed by atoms with Crippen molar-refractivity contribution in [1.29, 1.82) is 0 Å². The molecule has 0 unspecified atom stereocenters. The molecule has 98 valence electrons. The molecule has 17 heavy (non-hydrogen) atoms. The predicted molar refractivity (Wildman–Crippen MR) is 69.2 cm³/mol. The first-order valence-electron chi connectivity index (χ1n) is 6.06. The van der Waals surface area contributed by atoms with Crippen molar-refractivity contribution in [3.05, 3.63) is 0 Å². The number of amides is 2. The summed E-state index contributed by atoms with van der Waals surface area (Å²) in [5.41, 5.74) is -0.556. The van der Waals surface area contributed by atoms with E-state index in [2.05, 4.69) is 19.6 Å². The highest BCUT2D eigenvalue weighted by Gasteiger charge is 2.44. The molecule has 0 saturated carbocycles. The minimum absolute atomic E-state index is 0.115. The molecular formula is C12H23NO3Si. The lowest BCUT2D eigenvalue weighted by molar-refractivity contribution is -0.146. The maximum Gasteiger partial charge on any atom is 0.237 e. The third-order valence-corrected chi connectivity index (χ3v) is 4.64. The van der Waals surface area contributed by atoms with Gasteiger partial charge in [-0.3, -0.25) is 14.5 Å². The Bertz CT molecular complexity index is 320. The molecule has 0 N–H and O–H groups in total. The second-order valence-corrected chi connectivity index (χ2v) is 12.2. The molecule has 0 aromatic rings. The average molecular weight is 257 g/mol. The van der Waals surface area contributed by atoms with Crippen LogP contribution in [0.1, 0.15) is 20.3 Å². The molecule has 0 bridgehead atoms. The quantitative estimate of drug-likeness (QED) is 0.430. The standard InChI is InChI=1S/C12H23NO3Si/c1-12(2)8-10(14)13(11(12)15)9-16-6-7-17(3,4)5/h6-9H2,1-5H3. The molecule has 0 aliphatic carbocycles. The smallest absolute Gasteiger partial charge is 0.237 e. The number of ether oxygens (including phenoxy) is 1. The Balaban J connectivity index is 2.38. The highest BCUT2D eigenvalue weighted by atomic mass is 28.3. The Kier molecular flexibility index (Phi) is 4.14. The third-order valence-electron chi connectivity index (χ3n) is 2.94. The summed E-state index contributed by atoms with van der Waals surface area (Å²) in [7, 11) is -1.11. The van der Waals surface area contributed by atoms with Gasteiger partial charge in [0.05, 0.1) is 5.41 Å². The van der Waals surface area contributed by atoms with Gasteiger partial charge in [-0.05, 0) is 6.04 Å². The van der Waals surface area contributed by atoms with Crippen molar-refractivity contribution in [3.63, 3.8) is 0 Å². The van der Waals surface area contributed by atoms with Crippen LogP contribution >= 0.6 is 0 Å². The summed E-state index contributed by atoms with van der Waals surface area (Å²) in [6.45, 7) is 11.2. The molecule has 4 nitrogen and oxygen atoms in total. The summed E-state index contributed by atoms with van der Waals surface area (Å²) in [5, 5.41) is 0. The SMILES string of the molecule is CC1(C)CC(=O)N(COCC[Si](C)(C)C)C1=O. The van der Waals surface area contributed by atoms with Gasteiger partial charge in [-0.2, -0.15) is 0 Å². The normalized spacial score (nSPS) is 20.2. The molecule has 1 fully saturated rings. The van der Waals surface area contributed by atoms with Crippen LogP contribution < -0.4 is 0 Å². The van der Waals surface area contributed by atoms with E-state index in [1.807, 2.05) is 0 Å². The predicted octanol–water partition coefficient (Wildman–Crippen LogP) is 2.08. The van der Waals surface area contributed by atoms with Crippen LogP contribution in [0.25, 0.3) is 0 Å². The van der Waals surface area contributed by atoms with E-state index in [0.29, 0.717) is 13.0 Å². The minimum Gasteiger partial charge on any atom is -0.361 e. The van der Waals surface area contributed by atoms with Crippen molar-refractivity contribution in [2.24, 2.45) is 5.41 Å². The highest BCUT2D eigenvalue weighted by Crippen LogP contribution is 2.31. The van der Waals surface area contributed by atoms with E-state index in [-0.39, 0.29) is 18.5 Å². The van der Waals surface area contributed by atoms with Crippen molar-refractivity contribution >= 4 is 19.9 Å². The maximum atomic E-state index is 11.9. The van der Waals surface area contributed by atoms with Crippen molar-refractivity contribution in [3.8, 4) is 0 Å². The van der Waals surface area contributed by atoms with E-state index >= 15 is 0 Å². The molecule has 2 amide bonds. The number of nitrogens with zero attached hydrogens (tertiary/aromatic N) is 1. The van der Waals surface area contributed by atoms with Gasteiger partial charge in [0, 0.05) is 21.1 Å². The lowest BCUT2D eigenvalue weighted by Crippen LogP contribution is -2.35. The largest absolute Gasteiger partial charge is 0.361 e. The number of imide groups is 1. The van der Waals surface area contributed by atoms with Crippen LogP contribution in [0.4, 0.5) is 0 Å². The Morgan fingerprint density at radius 1 is 1.29 bits per heavy atom.